The highest BCUT2D eigenvalue weighted by molar-refractivity contribution is 5.76. The van der Waals surface area contributed by atoms with E-state index in [9.17, 15) is 9.90 Å². The van der Waals surface area contributed by atoms with Crippen molar-refractivity contribution >= 4 is 5.91 Å². The Morgan fingerprint density at radius 1 is 1.37 bits per heavy atom. The molecule has 7 nitrogen and oxygen atoms in total. The summed E-state index contributed by atoms with van der Waals surface area (Å²) in [4.78, 5) is 11.9. The van der Waals surface area contributed by atoms with Gasteiger partial charge in [0, 0.05) is 13.0 Å². The molecule has 2 rings (SSSR count). The lowest BCUT2D eigenvalue weighted by atomic mass is 9.82. The predicted octanol–water partition coefficient (Wildman–Crippen LogP) is 0.265. The molecule has 0 unspecified atom stereocenters. The lowest BCUT2D eigenvalue weighted by Crippen LogP contribution is -2.52. The van der Waals surface area contributed by atoms with Crippen LogP contribution < -0.4 is 5.32 Å². The van der Waals surface area contributed by atoms with Gasteiger partial charge in [-0.15, -0.1) is 5.10 Å². The third kappa shape index (κ3) is 3.99. The number of aliphatic hydroxyl groups excluding tert-OH is 1. The molecule has 1 aromatic rings. The second-order valence-electron chi connectivity index (χ2n) is 5.22. The van der Waals surface area contributed by atoms with Gasteiger partial charge in [-0.25, -0.2) is 4.68 Å². The van der Waals surface area contributed by atoms with E-state index in [1.54, 1.807) is 4.68 Å². The third-order valence-electron chi connectivity index (χ3n) is 3.70. The van der Waals surface area contributed by atoms with E-state index in [-0.39, 0.29) is 18.1 Å². The Morgan fingerprint density at radius 2 is 2.16 bits per heavy atom. The number of aryl methyl sites for hydroxylation is 1. The average molecular weight is 267 g/mol. The number of carbonyl (C=O) groups is 1. The summed E-state index contributed by atoms with van der Waals surface area (Å²) in [5.41, 5.74) is -0.385. The minimum atomic E-state index is -0.385. The molecule has 1 aliphatic carbocycles. The predicted molar refractivity (Wildman–Crippen MR) is 68.1 cm³/mol. The summed E-state index contributed by atoms with van der Waals surface area (Å²) in [6.07, 6.45) is 7.76. The zero-order chi connectivity index (χ0) is 13.6. The van der Waals surface area contributed by atoms with E-state index >= 15 is 0 Å². The third-order valence-corrected chi connectivity index (χ3v) is 3.70. The van der Waals surface area contributed by atoms with Gasteiger partial charge < -0.3 is 10.4 Å². The van der Waals surface area contributed by atoms with Crippen molar-refractivity contribution in [1.29, 1.82) is 0 Å². The Kier molecular flexibility index (Phi) is 4.84. The quantitative estimate of drug-likeness (QED) is 0.771. The molecular formula is C12H21N5O2. The fraction of sp³-hybridized carbons (Fsp3) is 0.833. The highest BCUT2D eigenvalue weighted by Gasteiger charge is 2.32. The monoisotopic (exact) mass is 267 g/mol. The molecule has 2 N–H and O–H groups in total. The van der Waals surface area contributed by atoms with E-state index in [4.69, 9.17) is 0 Å². The van der Waals surface area contributed by atoms with Crippen molar-refractivity contribution in [3.05, 3.63) is 6.33 Å². The van der Waals surface area contributed by atoms with Crippen LogP contribution in [0.15, 0.2) is 6.33 Å². The number of amides is 1. The number of hydrogen-bond acceptors (Lipinski definition) is 5. The van der Waals surface area contributed by atoms with Crippen LogP contribution in [-0.2, 0) is 11.3 Å². The van der Waals surface area contributed by atoms with Gasteiger partial charge in [-0.1, -0.05) is 19.3 Å². The summed E-state index contributed by atoms with van der Waals surface area (Å²) in [7, 11) is 0. The smallest absolute Gasteiger partial charge is 0.220 e. The molecule has 1 heterocycles. The molecule has 0 spiro atoms. The van der Waals surface area contributed by atoms with Gasteiger partial charge in [-0.05, 0) is 29.7 Å². The van der Waals surface area contributed by atoms with Crippen LogP contribution in [0.2, 0.25) is 0 Å². The number of nitrogens with one attached hydrogen (secondary N) is 1. The van der Waals surface area contributed by atoms with Crippen molar-refractivity contribution in [2.75, 3.05) is 6.61 Å². The highest BCUT2D eigenvalue weighted by atomic mass is 16.3. The lowest BCUT2D eigenvalue weighted by Gasteiger charge is -2.36. The molecule has 1 fully saturated rings. The number of aromatic nitrogens is 4. The van der Waals surface area contributed by atoms with E-state index < -0.39 is 0 Å². The molecular weight excluding hydrogens is 246 g/mol. The standard InChI is InChI=1S/C12H21N5O2/c18-9-12(6-2-1-3-7-12)14-11(19)5-4-8-17-10-13-15-16-17/h10,18H,1-9H2,(H,14,19). The maximum absolute atomic E-state index is 11.9. The van der Waals surface area contributed by atoms with Crippen LogP contribution in [0.3, 0.4) is 0 Å². The van der Waals surface area contributed by atoms with Gasteiger partial charge in [0.1, 0.15) is 6.33 Å². The Hall–Kier alpha value is -1.50. The normalized spacial score (nSPS) is 18.2. The van der Waals surface area contributed by atoms with Gasteiger partial charge in [0.05, 0.1) is 12.1 Å². The van der Waals surface area contributed by atoms with E-state index in [1.165, 1.54) is 12.7 Å². The van der Waals surface area contributed by atoms with Crippen molar-refractivity contribution in [1.82, 2.24) is 25.5 Å². The molecule has 1 amide bonds. The minimum Gasteiger partial charge on any atom is -0.394 e. The van der Waals surface area contributed by atoms with E-state index in [0.29, 0.717) is 19.4 Å². The fourth-order valence-electron chi connectivity index (χ4n) is 2.59. The molecule has 0 atom stereocenters. The first-order chi connectivity index (χ1) is 9.24. The number of aliphatic hydroxyl groups is 1. The van der Waals surface area contributed by atoms with Gasteiger partial charge in [0.15, 0.2) is 0 Å². The van der Waals surface area contributed by atoms with Gasteiger partial charge in [-0.3, -0.25) is 4.79 Å². The summed E-state index contributed by atoms with van der Waals surface area (Å²) >= 11 is 0. The van der Waals surface area contributed by atoms with Crippen LogP contribution in [-0.4, -0.2) is 43.4 Å². The Labute approximate surface area is 112 Å². The van der Waals surface area contributed by atoms with Crippen molar-refractivity contribution < 1.29 is 9.90 Å². The summed E-state index contributed by atoms with van der Waals surface area (Å²) in [6, 6.07) is 0. The van der Waals surface area contributed by atoms with E-state index in [0.717, 1.165) is 25.7 Å². The average Bonchev–Trinajstić information content (AvgIpc) is 2.93. The molecule has 106 valence electrons. The lowest BCUT2D eigenvalue weighted by molar-refractivity contribution is -0.124. The molecule has 0 radical (unpaired) electrons. The summed E-state index contributed by atoms with van der Waals surface area (Å²) in [5.74, 6) is 0.00373. The molecule has 1 saturated carbocycles. The first kappa shape index (κ1) is 13.9. The second-order valence-corrected chi connectivity index (χ2v) is 5.22. The number of nitrogens with zero attached hydrogens (tertiary/aromatic N) is 4. The molecule has 1 aliphatic rings. The van der Waals surface area contributed by atoms with Crippen LogP contribution in [0.1, 0.15) is 44.9 Å². The number of tetrazole rings is 1. The van der Waals surface area contributed by atoms with Crippen LogP contribution in [0, 0.1) is 0 Å². The Bertz CT molecular complexity index is 387. The number of carbonyl (C=O) groups excluding carboxylic acids is 1. The van der Waals surface area contributed by atoms with E-state index in [1.807, 2.05) is 0 Å². The van der Waals surface area contributed by atoms with Gasteiger partial charge in [0.2, 0.25) is 5.91 Å². The van der Waals surface area contributed by atoms with Crippen LogP contribution in [0.25, 0.3) is 0 Å². The maximum atomic E-state index is 11.9. The Morgan fingerprint density at radius 3 is 2.79 bits per heavy atom. The number of rotatable bonds is 6. The molecule has 19 heavy (non-hydrogen) atoms. The van der Waals surface area contributed by atoms with Gasteiger partial charge in [-0.2, -0.15) is 0 Å². The second kappa shape index (κ2) is 6.60. The zero-order valence-electron chi connectivity index (χ0n) is 11.1. The summed E-state index contributed by atoms with van der Waals surface area (Å²) < 4.78 is 1.61. The molecule has 7 heteroatoms. The van der Waals surface area contributed by atoms with Crippen LogP contribution in [0.5, 0.6) is 0 Å². The first-order valence-corrected chi connectivity index (χ1v) is 6.87. The highest BCUT2D eigenvalue weighted by Crippen LogP contribution is 2.27. The van der Waals surface area contributed by atoms with Crippen molar-refractivity contribution in [3.63, 3.8) is 0 Å². The largest absolute Gasteiger partial charge is 0.394 e. The SMILES string of the molecule is O=C(CCCn1cnnn1)NC1(CO)CCCCC1. The molecule has 1 aromatic heterocycles. The van der Waals surface area contributed by atoms with Gasteiger partial charge >= 0.3 is 0 Å². The Balaban J connectivity index is 1.73. The number of hydrogen-bond donors (Lipinski definition) is 2. The fourth-order valence-corrected chi connectivity index (χ4v) is 2.59. The zero-order valence-corrected chi connectivity index (χ0v) is 11.1. The summed E-state index contributed by atoms with van der Waals surface area (Å²) in [5, 5.41) is 23.3. The molecule has 0 saturated heterocycles. The first-order valence-electron chi connectivity index (χ1n) is 6.87. The van der Waals surface area contributed by atoms with Crippen LogP contribution in [0.4, 0.5) is 0 Å². The molecule has 0 aromatic carbocycles. The topological polar surface area (TPSA) is 92.9 Å². The molecule has 0 bridgehead atoms. The van der Waals surface area contributed by atoms with Crippen LogP contribution >= 0.6 is 0 Å². The van der Waals surface area contributed by atoms with Crippen molar-refractivity contribution in [3.8, 4) is 0 Å². The van der Waals surface area contributed by atoms with Gasteiger partial charge in [0.25, 0.3) is 0 Å². The molecule has 0 aliphatic heterocycles. The van der Waals surface area contributed by atoms with E-state index in [2.05, 4.69) is 20.8 Å². The summed E-state index contributed by atoms with van der Waals surface area (Å²) in [6.45, 7) is 0.665. The van der Waals surface area contributed by atoms with Crippen molar-refractivity contribution in [2.24, 2.45) is 0 Å². The maximum Gasteiger partial charge on any atom is 0.220 e. The van der Waals surface area contributed by atoms with Crippen molar-refractivity contribution in [2.45, 2.75) is 57.0 Å². The minimum absolute atomic E-state index is 0.00373.